The first kappa shape index (κ1) is 13.6. The van der Waals surface area contributed by atoms with Gasteiger partial charge in [0.25, 0.3) is 5.91 Å². The summed E-state index contributed by atoms with van der Waals surface area (Å²) in [6, 6.07) is 5.44. The second-order valence-corrected chi connectivity index (χ2v) is 4.29. The molecule has 1 amide bonds. The van der Waals surface area contributed by atoms with Gasteiger partial charge in [-0.3, -0.25) is 4.79 Å². The molecule has 1 rings (SSSR count). The van der Waals surface area contributed by atoms with Crippen molar-refractivity contribution in [2.75, 3.05) is 13.7 Å². The van der Waals surface area contributed by atoms with Gasteiger partial charge in [0.05, 0.1) is 12.6 Å². The van der Waals surface area contributed by atoms with Gasteiger partial charge in [-0.05, 0) is 30.2 Å². The fourth-order valence-electron chi connectivity index (χ4n) is 1.43. The van der Waals surface area contributed by atoms with Crippen molar-refractivity contribution in [3.05, 3.63) is 35.6 Å². The molecule has 1 atom stereocenters. The number of rotatable bonds is 5. The standard InChI is InChI=1S/C13H18FNO2/c1-9(2)12(8-17-3)15-13(16)10-4-6-11(14)7-5-10/h4-7,9,12H,8H2,1-3H3,(H,15,16). The number of carbonyl (C=O) groups excluding carboxylic acids is 1. The average molecular weight is 239 g/mol. The number of nitrogens with one attached hydrogen (secondary N) is 1. The van der Waals surface area contributed by atoms with Gasteiger partial charge >= 0.3 is 0 Å². The molecule has 0 saturated carbocycles. The molecule has 0 bridgehead atoms. The van der Waals surface area contributed by atoms with Crippen molar-refractivity contribution in [1.82, 2.24) is 5.32 Å². The fourth-order valence-corrected chi connectivity index (χ4v) is 1.43. The minimum Gasteiger partial charge on any atom is -0.383 e. The number of carbonyl (C=O) groups is 1. The summed E-state index contributed by atoms with van der Waals surface area (Å²) in [7, 11) is 1.60. The maximum absolute atomic E-state index is 12.7. The molecule has 0 spiro atoms. The van der Waals surface area contributed by atoms with E-state index in [4.69, 9.17) is 4.74 Å². The monoisotopic (exact) mass is 239 g/mol. The van der Waals surface area contributed by atoms with E-state index in [9.17, 15) is 9.18 Å². The van der Waals surface area contributed by atoms with Crippen LogP contribution in [0, 0.1) is 11.7 Å². The van der Waals surface area contributed by atoms with Gasteiger partial charge in [-0.2, -0.15) is 0 Å². The SMILES string of the molecule is COCC(NC(=O)c1ccc(F)cc1)C(C)C. The molecule has 3 nitrogen and oxygen atoms in total. The largest absolute Gasteiger partial charge is 0.383 e. The van der Waals surface area contributed by atoms with E-state index in [2.05, 4.69) is 5.32 Å². The van der Waals surface area contributed by atoms with E-state index in [1.165, 1.54) is 24.3 Å². The van der Waals surface area contributed by atoms with Gasteiger partial charge in [0.15, 0.2) is 0 Å². The number of methoxy groups -OCH3 is 1. The summed E-state index contributed by atoms with van der Waals surface area (Å²) >= 11 is 0. The Morgan fingerprint density at radius 1 is 1.35 bits per heavy atom. The normalized spacial score (nSPS) is 12.5. The van der Waals surface area contributed by atoms with Crippen molar-refractivity contribution in [2.45, 2.75) is 19.9 Å². The molecule has 0 aliphatic heterocycles. The van der Waals surface area contributed by atoms with Crippen LogP contribution in [0.25, 0.3) is 0 Å². The molecule has 0 aliphatic rings. The highest BCUT2D eigenvalue weighted by atomic mass is 19.1. The summed E-state index contributed by atoms with van der Waals surface area (Å²) in [4.78, 5) is 11.9. The molecule has 0 aromatic heterocycles. The van der Waals surface area contributed by atoms with Gasteiger partial charge in [0, 0.05) is 12.7 Å². The molecule has 17 heavy (non-hydrogen) atoms. The summed E-state index contributed by atoms with van der Waals surface area (Å²) < 4.78 is 17.8. The van der Waals surface area contributed by atoms with Gasteiger partial charge in [0.2, 0.25) is 0 Å². The Morgan fingerprint density at radius 3 is 2.41 bits per heavy atom. The van der Waals surface area contributed by atoms with Crippen LogP contribution in [0.2, 0.25) is 0 Å². The molecule has 0 aliphatic carbocycles. The maximum Gasteiger partial charge on any atom is 0.251 e. The third kappa shape index (κ3) is 4.15. The van der Waals surface area contributed by atoms with Crippen molar-refractivity contribution in [1.29, 1.82) is 0 Å². The van der Waals surface area contributed by atoms with E-state index < -0.39 is 0 Å². The van der Waals surface area contributed by atoms with E-state index in [1.54, 1.807) is 7.11 Å². The molecular formula is C13H18FNO2. The first-order chi connectivity index (χ1) is 8.04. The number of benzene rings is 1. The third-order valence-electron chi connectivity index (χ3n) is 2.57. The Kier molecular flexibility index (Phi) is 5.10. The molecular weight excluding hydrogens is 221 g/mol. The molecule has 0 radical (unpaired) electrons. The second-order valence-electron chi connectivity index (χ2n) is 4.29. The zero-order chi connectivity index (χ0) is 12.8. The zero-order valence-corrected chi connectivity index (χ0v) is 10.4. The van der Waals surface area contributed by atoms with Gasteiger partial charge in [-0.15, -0.1) is 0 Å². The van der Waals surface area contributed by atoms with Gasteiger partial charge in [-0.1, -0.05) is 13.8 Å². The van der Waals surface area contributed by atoms with Crippen molar-refractivity contribution in [3.63, 3.8) is 0 Å². The molecule has 4 heteroatoms. The van der Waals surface area contributed by atoms with Crippen molar-refractivity contribution in [3.8, 4) is 0 Å². The number of hydrogen-bond acceptors (Lipinski definition) is 2. The van der Waals surface area contributed by atoms with Crippen LogP contribution in [0.5, 0.6) is 0 Å². The molecule has 94 valence electrons. The van der Waals surface area contributed by atoms with Crippen molar-refractivity contribution < 1.29 is 13.9 Å². The lowest BCUT2D eigenvalue weighted by Crippen LogP contribution is -2.41. The Labute approximate surface area is 101 Å². The Morgan fingerprint density at radius 2 is 1.94 bits per heavy atom. The van der Waals surface area contributed by atoms with Crippen LogP contribution < -0.4 is 5.32 Å². The smallest absolute Gasteiger partial charge is 0.251 e. The fraction of sp³-hybridized carbons (Fsp3) is 0.462. The summed E-state index contributed by atoms with van der Waals surface area (Å²) in [5, 5.41) is 2.87. The highest BCUT2D eigenvalue weighted by molar-refractivity contribution is 5.94. The van der Waals surface area contributed by atoms with Crippen LogP contribution in [0.1, 0.15) is 24.2 Å². The minimum atomic E-state index is -0.348. The van der Waals surface area contributed by atoms with Crippen LogP contribution in [0.15, 0.2) is 24.3 Å². The number of ether oxygens (including phenoxy) is 1. The second kappa shape index (κ2) is 6.35. The molecule has 0 fully saturated rings. The van der Waals surface area contributed by atoms with E-state index in [1.807, 2.05) is 13.8 Å². The highest BCUT2D eigenvalue weighted by Gasteiger charge is 2.16. The Balaban J connectivity index is 2.66. The lowest BCUT2D eigenvalue weighted by atomic mass is 10.0. The lowest BCUT2D eigenvalue weighted by molar-refractivity contribution is 0.0866. The van der Waals surface area contributed by atoms with Crippen LogP contribution >= 0.6 is 0 Å². The van der Waals surface area contributed by atoms with E-state index in [-0.39, 0.29) is 23.7 Å². The topological polar surface area (TPSA) is 38.3 Å². The quantitative estimate of drug-likeness (QED) is 0.855. The van der Waals surface area contributed by atoms with Gasteiger partial charge < -0.3 is 10.1 Å². The molecule has 0 heterocycles. The van der Waals surface area contributed by atoms with E-state index in [0.717, 1.165) is 0 Å². The predicted molar refractivity (Wildman–Crippen MR) is 64.4 cm³/mol. The van der Waals surface area contributed by atoms with Crippen molar-refractivity contribution in [2.24, 2.45) is 5.92 Å². The zero-order valence-electron chi connectivity index (χ0n) is 10.4. The van der Waals surface area contributed by atoms with Gasteiger partial charge in [-0.25, -0.2) is 4.39 Å². The third-order valence-corrected chi connectivity index (χ3v) is 2.57. The molecule has 1 unspecified atom stereocenters. The number of hydrogen-bond donors (Lipinski definition) is 1. The van der Waals surface area contributed by atoms with Crippen molar-refractivity contribution >= 4 is 5.91 Å². The Bertz CT molecular complexity index is 362. The summed E-state index contributed by atoms with van der Waals surface area (Å²) in [5.41, 5.74) is 0.452. The van der Waals surface area contributed by atoms with Crippen LogP contribution in [-0.4, -0.2) is 25.7 Å². The van der Waals surface area contributed by atoms with E-state index >= 15 is 0 Å². The highest BCUT2D eigenvalue weighted by Crippen LogP contribution is 2.06. The van der Waals surface area contributed by atoms with Gasteiger partial charge in [0.1, 0.15) is 5.82 Å². The van der Waals surface area contributed by atoms with E-state index in [0.29, 0.717) is 12.2 Å². The molecule has 1 N–H and O–H groups in total. The predicted octanol–water partition coefficient (Wildman–Crippen LogP) is 2.23. The minimum absolute atomic E-state index is 0.0439. The molecule has 0 saturated heterocycles. The molecule has 1 aromatic rings. The summed E-state index contributed by atoms with van der Waals surface area (Å²) in [6.07, 6.45) is 0. The summed E-state index contributed by atoms with van der Waals surface area (Å²) in [5.74, 6) is -0.279. The maximum atomic E-state index is 12.7. The summed E-state index contributed by atoms with van der Waals surface area (Å²) in [6.45, 7) is 4.48. The van der Waals surface area contributed by atoms with Crippen LogP contribution in [0.4, 0.5) is 4.39 Å². The Hall–Kier alpha value is -1.42. The van der Waals surface area contributed by atoms with Crippen LogP contribution in [0.3, 0.4) is 0 Å². The van der Waals surface area contributed by atoms with Crippen LogP contribution in [-0.2, 0) is 4.74 Å². The molecule has 1 aromatic carbocycles. The first-order valence-corrected chi connectivity index (χ1v) is 5.60. The number of halogens is 1. The average Bonchev–Trinajstić information content (AvgIpc) is 2.29. The number of amides is 1. The first-order valence-electron chi connectivity index (χ1n) is 5.60. The lowest BCUT2D eigenvalue weighted by Gasteiger charge is -2.21.